The average molecular weight is 548 g/mol. The fourth-order valence-corrected chi connectivity index (χ4v) is 5.19. The lowest BCUT2D eigenvalue weighted by Crippen LogP contribution is -2.17. The number of aromatic nitrogens is 7. The van der Waals surface area contributed by atoms with E-state index >= 15 is 0 Å². The van der Waals surface area contributed by atoms with Crippen molar-refractivity contribution in [2.45, 2.75) is 44.0 Å². The van der Waals surface area contributed by atoms with Crippen molar-refractivity contribution in [2.75, 3.05) is 17.3 Å². The lowest BCUT2D eigenvalue weighted by atomic mass is 10.1. The van der Waals surface area contributed by atoms with Crippen LogP contribution in [0.25, 0.3) is 22.6 Å². The summed E-state index contributed by atoms with van der Waals surface area (Å²) in [6.45, 7) is -1.51. The second-order valence-corrected chi connectivity index (χ2v) is 10.9. The molecule has 1 saturated carbocycles. The third kappa shape index (κ3) is 5.46. The molecule has 15 heteroatoms. The Labute approximate surface area is 216 Å². The van der Waals surface area contributed by atoms with Crippen molar-refractivity contribution in [3.8, 4) is 22.6 Å². The molecule has 1 fully saturated rings. The van der Waals surface area contributed by atoms with Gasteiger partial charge in [-0.2, -0.15) is 23.1 Å². The lowest BCUT2D eigenvalue weighted by molar-refractivity contribution is 0.0568. The average Bonchev–Trinajstić information content (AvgIpc) is 3.42. The van der Waals surface area contributed by atoms with Gasteiger partial charge < -0.3 is 10.6 Å². The van der Waals surface area contributed by atoms with E-state index in [0.717, 1.165) is 4.09 Å². The first-order chi connectivity index (χ1) is 18.2. The molecule has 0 unspecified atom stereocenters. The first-order valence-corrected chi connectivity index (χ1v) is 13.3. The summed E-state index contributed by atoms with van der Waals surface area (Å²) >= 11 is 0. The van der Waals surface area contributed by atoms with Gasteiger partial charge in [-0.1, -0.05) is 0 Å². The van der Waals surface area contributed by atoms with Crippen LogP contribution in [0.3, 0.4) is 0 Å². The molecule has 4 aromatic heterocycles. The Hall–Kier alpha value is -4.01. The van der Waals surface area contributed by atoms with Crippen molar-refractivity contribution in [3.05, 3.63) is 49.2 Å². The van der Waals surface area contributed by atoms with Gasteiger partial charge in [0, 0.05) is 41.9 Å². The van der Waals surface area contributed by atoms with E-state index in [-0.39, 0.29) is 24.0 Å². The highest BCUT2D eigenvalue weighted by Gasteiger charge is 2.37. The lowest BCUT2D eigenvalue weighted by Gasteiger charge is -2.17. The van der Waals surface area contributed by atoms with Crippen molar-refractivity contribution in [3.63, 3.8) is 0 Å². The fraction of sp³-hybridized carbons (Fsp3) is 0.348. The maximum absolute atomic E-state index is 13.0. The predicted octanol–water partition coefficient (Wildman–Crippen LogP) is 4.24. The second-order valence-electron chi connectivity index (χ2n) is 8.83. The monoisotopic (exact) mass is 547 g/mol. The molecule has 1 aliphatic carbocycles. The van der Waals surface area contributed by atoms with Gasteiger partial charge in [-0.3, -0.25) is 4.39 Å². The van der Waals surface area contributed by atoms with E-state index < -0.39 is 28.5 Å². The zero-order valence-corrected chi connectivity index (χ0v) is 21.0. The largest absolute Gasteiger partial charge is 0.382 e. The van der Waals surface area contributed by atoms with Gasteiger partial charge in [0.1, 0.15) is 11.6 Å². The summed E-state index contributed by atoms with van der Waals surface area (Å²) in [6.07, 6.45) is 8.40. The molecule has 4 aromatic rings. The molecule has 5 rings (SSSR count). The van der Waals surface area contributed by atoms with Crippen molar-refractivity contribution in [2.24, 2.45) is 0 Å². The normalized spacial score (nSPS) is 14.6. The van der Waals surface area contributed by atoms with Crippen molar-refractivity contribution in [1.29, 1.82) is 0 Å². The molecule has 0 saturated heterocycles. The molecule has 200 valence electrons. The molecule has 1 aliphatic rings. The van der Waals surface area contributed by atoms with E-state index in [9.17, 15) is 21.6 Å². The topological polar surface area (TPSA) is 133 Å². The Morgan fingerprint density at radius 2 is 1.97 bits per heavy atom. The van der Waals surface area contributed by atoms with Crippen molar-refractivity contribution < 1.29 is 21.6 Å². The summed E-state index contributed by atoms with van der Waals surface area (Å²) in [6, 6.07) is 4.45. The van der Waals surface area contributed by atoms with Crippen LogP contribution >= 0.6 is 0 Å². The summed E-state index contributed by atoms with van der Waals surface area (Å²) in [5, 5.41) is 13.7. The number of alkyl halides is 3. The maximum Gasteiger partial charge on any atom is 0.333 e. The van der Waals surface area contributed by atoms with Crippen LogP contribution in [0.2, 0.25) is 0 Å². The highest BCUT2D eigenvalue weighted by Crippen LogP contribution is 2.32. The molecule has 4 heterocycles. The Morgan fingerprint density at radius 3 is 2.68 bits per heavy atom. The Balaban J connectivity index is 1.41. The second kappa shape index (κ2) is 10.4. The van der Waals surface area contributed by atoms with Gasteiger partial charge in [-0.25, -0.2) is 28.1 Å². The number of pyridine rings is 1. The fourth-order valence-electron chi connectivity index (χ4n) is 3.72. The van der Waals surface area contributed by atoms with Crippen LogP contribution in [0.4, 0.5) is 30.5 Å². The Kier molecular flexibility index (Phi) is 7.01. The van der Waals surface area contributed by atoms with E-state index in [1.165, 1.54) is 37.1 Å². The summed E-state index contributed by atoms with van der Waals surface area (Å²) in [5.74, 6) is 1.00. The van der Waals surface area contributed by atoms with E-state index in [0.29, 0.717) is 46.0 Å². The van der Waals surface area contributed by atoms with Crippen LogP contribution < -0.4 is 10.6 Å². The minimum atomic E-state index is -3.52. The molecular formula is C23H24F3N9O2S. The molecule has 0 bridgehead atoms. The standard InChI is InChI=1S/C23H24F3N9O2S/c1-14(4-7-24)30-19-10-21(28-12-17(19)18-6-9-34(33-18)23(25)26)31-20-5-8-27-22(32-20)15-11-29-35(13-15)38(36,37)16-2-3-16/h5-6,8-14,16,23H,2-4,7H2,1H3,(H2,27,28,30,31,32)/t14-/m1/s1. The molecule has 0 aliphatic heterocycles. The number of anilines is 3. The van der Waals surface area contributed by atoms with Gasteiger partial charge in [-0.15, -0.1) is 0 Å². The minimum Gasteiger partial charge on any atom is -0.382 e. The summed E-state index contributed by atoms with van der Waals surface area (Å²) < 4.78 is 65.3. The van der Waals surface area contributed by atoms with Gasteiger partial charge in [0.2, 0.25) is 0 Å². The number of nitrogens with zero attached hydrogens (tertiary/aromatic N) is 7. The van der Waals surface area contributed by atoms with Gasteiger partial charge in [-0.05, 0) is 38.3 Å². The Morgan fingerprint density at radius 1 is 1.16 bits per heavy atom. The highest BCUT2D eigenvalue weighted by atomic mass is 32.2. The van der Waals surface area contributed by atoms with Crippen LogP contribution in [-0.4, -0.2) is 60.3 Å². The molecule has 0 radical (unpaired) electrons. The summed E-state index contributed by atoms with van der Waals surface area (Å²) in [4.78, 5) is 13.0. The van der Waals surface area contributed by atoms with E-state index in [1.54, 1.807) is 19.1 Å². The first kappa shape index (κ1) is 25.6. The van der Waals surface area contributed by atoms with E-state index in [1.807, 2.05) is 0 Å². The van der Waals surface area contributed by atoms with Crippen molar-refractivity contribution >= 4 is 27.3 Å². The number of nitrogens with one attached hydrogen (secondary N) is 2. The molecule has 2 N–H and O–H groups in total. The quantitative estimate of drug-likeness (QED) is 0.283. The van der Waals surface area contributed by atoms with E-state index in [2.05, 4.69) is 35.8 Å². The third-order valence-electron chi connectivity index (χ3n) is 5.87. The van der Waals surface area contributed by atoms with Crippen LogP contribution in [0, 0.1) is 0 Å². The molecule has 38 heavy (non-hydrogen) atoms. The molecular weight excluding hydrogens is 523 g/mol. The van der Waals surface area contributed by atoms with Crippen LogP contribution in [0.1, 0.15) is 32.7 Å². The minimum absolute atomic E-state index is 0.245. The summed E-state index contributed by atoms with van der Waals surface area (Å²) in [7, 11) is -3.52. The zero-order valence-electron chi connectivity index (χ0n) is 20.2. The first-order valence-electron chi connectivity index (χ1n) is 11.8. The predicted molar refractivity (Wildman–Crippen MR) is 134 cm³/mol. The third-order valence-corrected chi connectivity index (χ3v) is 7.90. The van der Waals surface area contributed by atoms with E-state index in [4.69, 9.17) is 0 Å². The van der Waals surface area contributed by atoms with Gasteiger partial charge in [0.25, 0.3) is 10.0 Å². The number of rotatable bonds is 11. The molecule has 0 amide bonds. The Bertz CT molecular complexity index is 1540. The zero-order chi connectivity index (χ0) is 26.9. The van der Waals surface area contributed by atoms with Crippen LogP contribution in [0.5, 0.6) is 0 Å². The number of hydrogen-bond donors (Lipinski definition) is 2. The molecule has 1 atom stereocenters. The number of halogens is 3. The number of hydrogen-bond acceptors (Lipinski definition) is 9. The molecule has 0 aromatic carbocycles. The smallest absolute Gasteiger partial charge is 0.333 e. The highest BCUT2D eigenvalue weighted by molar-refractivity contribution is 7.90. The summed E-state index contributed by atoms with van der Waals surface area (Å²) in [5.41, 5.74) is 1.69. The van der Waals surface area contributed by atoms with Gasteiger partial charge in [0.05, 0.1) is 35.6 Å². The van der Waals surface area contributed by atoms with Gasteiger partial charge >= 0.3 is 6.55 Å². The SMILES string of the molecule is C[C@H](CCF)Nc1cc(Nc2ccnc(-c3cnn(S(=O)(=O)C4CC4)c3)n2)ncc1-c1ccn(C(F)F)n1. The van der Waals surface area contributed by atoms with Gasteiger partial charge in [0.15, 0.2) is 5.82 Å². The van der Waals surface area contributed by atoms with Crippen LogP contribution in [0.15, 0.2) is 49.2 Å². The van der Waals surface area contributed by atoms with Crippen molar-refractivity contribution in [1.82, 2.24) is 33.9 Å². The maximum atomic E-state index is 13.0. The van der Waals surface area contributed by atoms with Crippen LogP contribution in [-0.2, 0) is 10.0 Å². The molecule has 11 nitrogen and oxygen atoms in total. The molecule has 0 spiro atoms.